The predicted octanol–water partition coefficient (Wildman–Crippen LogP) is 1.96. The predicted molar refractivity (Wildman–Crippen MR) is 76.9 cm³/mol. The molecular formula is C13H14N2O2S2. The van der Waals surface area contributed by atoms with Crippen LogP contribution in [0.25, 0.3) is 0 Å². The first kappa shape index (κ1) is 12.7. The van der Waals surface area contributed by atoms with Crippen LogP contribution in [-0.2, 0) is 23.0 Å². The van der Waals surface area contributed by atoms with Gasteiger partial charge in [-0.3, -0.25) is 4.31 Å². The van der Waals surface area contributed by atoms with Gasteiger partial charge in [-0.25, -0.2) is 8.42 Å². The van der Waals surface area contributed by atoms with E-state index in [1.54, 1.807) is 11.4 Å². The maximum Gasteiger partial charge on any atom is 0.265 e. The highest BCUT2D eigenvalue weighted by Crippen LogP contribution is 2.33. The minimum atomic E-state index is -3.45. The van der Waals surface area contributed by atoms with Crippen molar-refractivity contribution in [1.29, 1.82) is 0 Å². The third-order valence-corrected chi connectivity index (χ3v) is 6.16. The largest absolute Gasteiger partial charge is 0.326 e. The molecule has 1 aromatic carbocycles. The van der Waals surface area contributed by atoms with Gasteiger partial charge in [-0.1, -0.05) is 18.2 Å². The number of hydrogen-bond donors (Lipinski definition) is 1. The highest BCUT2D eigenvalue weighted by Gasteiger charge is 2.31. The summed E-state index contributed by atoms with van der Waals surface area (Å²) in [6.07, 6.45) is 0.767. The van der Waals surface area contributed by atoms with Crippen LogP contribution in [0.1, 0.15) is 10.4 Å². The van der Waals surface area contributed by atoms with Crippen LogP contribution in [0.15, 0.2) is 40.6 Å². The normalized spacial score (nSPS) is 14.7. The van der Waals surface area contributed by atoms with Crippen LogP contribution in [0.5, 0.6) is 0 Å². The summed E-state index contributed by atoms with van der Waals surface area (Å²) in [5, 5.41) is 1.67. The van der Waals surface area contributed by atoms with Crippen LogP contribution in [0.3, 0.4) is 0 Å². The van der Waals surface area contributed by atoms with E-state index >= 15 is 0 Å². The Bertz CT molecular complexity index is 707. The van der Waals surface area contributed by atoms with Gasteiger partial charge in [0.25, 0.3) is 10.0 Å². The number of benzene rings is 1. The highest BCUT2D eigenvalue weighted by atomic mass is 32.2. The first-order valence-electron chi connectivity index (χ1n) is 6.01. The molecule has 0 bridgehead atoms. The number of sulfonamides is 1. The van der Waals surface area contributed by atoms with E-state index in [9.17, 15) is 8.42 Å². The van der Waals surface area contributed by atoms with Crippen LogP contribution in [0.2, 0.25) is 0 Å². The number of thiophene rings is 1. The molecule has 4 nitrogen and oxygen atoms in total. The zero-order chi connectivity index (χ0) is 13.5. The average Bonchev–Trinajstić information content (AvgIpc) is 3.06. The van der Waals surface area contributed by atoms with Crippen molar-refractivity contribution in [2.24, 2.45) is 5.73 Å². The Morgan fingerprint density at radius 3 is 2.84 bits per heavy atom. The molecule has 2 N–H and O–H groups in total. The van der Waals surface area contributed by atoms with Gasteiger partial charge < -0.3 is 5.73 Å². The highest BCUT2D eigenvalue weighted by molar-refractivity contribution is 7.93. The lowest BCUT2D eigenvalue weighted by Gasteiger charge is -2.18. The number of fused-ring (bicyclic) bond motifs is 1. The SMILES string of the molecule is NCc1cc(S(=O)(=O)N2CCc3ccccc32)cs1. The standard InChI is InChI=1S/C13H14N2O2S2/c14-8-11-7-12(9-18-11)19(16,17)15-6-5-10-3-1-2-4-13(10)15/h1-4,7,9H,5-6,8,14H2. The fourth-order valence-electron chi connectivity index (χ4n) is 2.29. The second-order valence-corrected chi connectivity index (χ2v) is 7.27. The van der Waals surface area contributed by atoms with Gasteiger partial charge in [-0.15, -0.1) is 11.3 Å². The summed E-state index contributed by atoms with van der Waals surface area (Å²) in [6.45, 7) is 0.881. The molecule has 0 spiro atoms. The maximum absolute atomic E-state index is 12.6. The molecule has 0 saturated carbocycles. The quantitative estimate of drug-likeness (QED) is 0.941. The van der Waals surface area contributed by atoms with Crippen molar-refractivity contribution >= 4 is 27.0 Å². The Morgan fingerprint density at radius 1 is 1.32 bits per heavy atom. The van der Waals surface area contributed by atoms with Gasteiger partial charge in [0.05, 0.1) is 10.6 Å². The Hall–Kier alpha value is -1.37. The molecule has 1 aliphatic rings. The van der Waals surface area contributed by atoms with Crippen LogP contribution in [0, 0.1) is 0 Å². The summed E-state index contributed by atoms with van der Waals surface area (Å²) < 4.78 is 26.7. The summed E-state index contributed by atoms with van der Waals surface area (Å²) in [7, 11) is -3.45. The van der Waals surface area contributed by atoms with Crippen LogP contribution in [-0.4, -0.2) is 15.0 Å². The molecule has 6 heteroatoms. The first-order valence-corrected chi connectivity index (χ1v) is 8.33. The summed E-state index contributed by atoms with van der Waals surface area (Å²) in [4.78, 5) is 1.22. The molecule has 3 rings (SSSR count). The molecule has 2 aromatic rings. The van der Waals surface area contributed by atoms with Crippen molar-refractivity contribution in [2.45, 2.75) is 17.9 Å². The fourth-order valence-corrected chi connectivity index (χ4v) is 4.93. The molecule has 2 heterocycles. The van der Waals surface area contributed by atoms with E-state index in [1.165, 1.54) is 15.6 Å². The van der Waals surface area contributed by atoms with Gasteiger partial charge >= 0.3 is 0 Å². The number of hydrogen-bond acceptors (Lipinski definition) is 4. The van der Waals surface area contributed by atoms with Crippen molar-refractivity contribution < 1.29 is 8.42 Å². The topological polar surface area (TPSA) is 63.4 Å². The molecule has 0 saturated heterocycles. The van der Waals surface area contributed by atoms with Crippen molar-refractivity contribution in [3.63, 3.8) is 0 Å². The molecule has 1 aliphatic heterocycles. The molecule has 19 heavy (non-hydrogen) atoms. The summed E-state index contributed by atoms with van der Waals surface area (Å²) in [5.41, 5.74) is 7.42. The molecule has 1 aromatic heterocycles. The lowest BCUT2D eigenvalue weighted by molar-refractivity contribution is 0.592. The minimum Gasteiger partial charge on any atom is -0.326 e. The monoisotopic (exact) mass is 294 g/mol. The van der Waals surface area contributed by atoms with Gasteiger partial charge in [-0.2, -0.15) is 0 Å². The van der Waals surface area contributed by atoms with E-state index in [4.69, 9.17) is 5.73 Å². The molecular weight excluding hydrogens is 280 g/mol. The number of rotatable bonds is 3. The first-order chi connectivity index (χ1) is 9.13. The average molecular weight is 294 g/mol. The van der Waals surface area contributed by atoms with Crippen molar-refractivity contribution in [2.75, 3.05) is 10.8 Å². The summed E-state index contributed by atoms with van der Waals surface area (Å²) >= 11 is 1.39. The van der Waals surface area contributed by atoms with E-state index in [-0.39, 0.29) is 0 Å². The van der Waals surface area contributed by atoms with E-state index in [0.29, 0.717) is 18.0 Å². The summed E-state index contributed by atoms with van der Waals surface area (Å²) in [6, 6.07) is 9.30. The molecule has 100 valence electrons. The maximum atomic E-state index is 12.6. The van der Waals surface area contributed by atoms with E-state index in [2.05, 4.69) is 0 Å². The van der Waals surface area contributed by atoms with Gasteiger partial charge in [0.1, 0.15) is 0 Å². The number of para-hydroxylation sites is 1. The number of nitrogens with zero attached hydrogens (tertiary/aromatic N) is 1. The number of anilines is 1. The molecule has 0 unspecified atom stereocenters. The Morgan fingerprint density at radius 2 is 2.11 bits per heavy atom. The van der Waals surface area contributed by atoms with Gasteiger partial charge in [0.15, 0.2) is 0 Å². The Balaban J connectivity index is 2.03. The molecule has 0 atom stereocenters. The third kappa shape index (κ3) is 2.05. The van der Waals surface area contributed by atoms with Crippen molar-refractivity contribution in [3.8, 4) is 0 Å². The third-order valence-electron chi connectivity index (χ3n) is 3.26. The lowest BCUT2D eigenvalue weighted by Crippen LogP contribution is -2.28. The molecule has 0 amide bonds. The molecule has 0 fully saturated rings. The van der Waals surface area contributed by atoms with Gasteiger partial charge in [-0.05, 0) is 24.1 Å². The Kier molecular flexibility index (Phi) is 3.08. The smallest absolute Gasteiger partial charge is 0.265 e. The fraction of sp³-hybridized carbons (Fsp3) is 0.231. The second kappa shape index (κ2) is 4.63. The van der Waals surface area contributed by atoms with Crippen molar-refractivity contribution in [1.82, 2.24) is 0 Å². The van der Waals surface area contributed by atoms with Crippen LogP contribution in [0.4, 0.5) is 5.69 Å². The summed E-state index contributed by atoms with van der Waals surface area (Å²) in [5.74, 6) is 0. The second-order valence-electron chi connectivity index (χ2n) is 4.41. The lowest BCUT2D eigenvalue weighted by atomic mass is 10.2. The molecule has 0 aliphatic carbocycles. The van der Waals surface area contributed by atoms with E-state index < -0.39 is 10.0 Å². The Labute approximate surface area is 116 Å². The van der Waals surface area contributed by atoms with Gasteiger partial charge in [0.2, 0.25) is 0 Å². The minimum absolute atomic E-state index is 0.342. The van der Waals surface area contributed by atoms with E-state index in [0.717, 1.165) is 22.5 Å². The van der Waals surface area contributed by atoms with Crippen molar-refractivity contribution in [3.05, 3.63) is 46.2 Å². The van der Waals surface area contributed by atoms with Crippen LogP contribution < -0.4 is 10.0 Å². The molecule has 0 radical (unpaired) electrons. The van der Waals surface area contributed by atoms with Gasteiger partial charge in [0, 0.05) is 23.3 Å². The zero-order valence-corrected chi connectivity index (χ0v) is 11.9. The zero-order valence-electron chi connectivity index (χ0n) is 10.2. The van der Waals surface area contributed by atoms with Crippen LogP contribution >= 0.6 is 11.3 Å². The number of nitrogens with two attached hydrogens (primary N) is 1. The van der Waals surface area contributed by atoms with E-state index in [1.807, 2.05) is 24.3 Å².